The maximum Gasteiger partial charge on any atom is 0.231 e. The molecule has 2 aromatic carbocycles. The lowest BCUT2D eigenvalue weighted by Gasteiger charge is -2.17. The zero-order valence-corrected chi connectivity index (χ0v) is 10.5. The molecule has 0 N–H and O–H groups in total. The van der Waals surface area contributed by atoms with E-state index in [1.165, 1.54) is 0 Å². The normalized spacial score (nSPS) is 14.8. The van der Waals surface area contributed by atoms with E-state index in [0.717, 1.165) is 39.4 Å². The van der Waals surface area contributed by atoms with Crippen molar-refractivity contribution in [3.63, 3.8) is 0 Å². The predicted octanol–water partition coefficient (Wildman–Crippen LogP) is 3.72. The fraction of sp³-hybridized carbons (Fsp3) is 0.125. The van der Waals surface area contributed by atoms with Crippen molar-refractivity contribution in [1.82, 2.24) is 0 Å². The summed E-state index contributed by atoms with van der Waals surface area (Å²) in [5.74, 6) is 3.05. The highest BCUT2D eigenvalue weighted by atomic mass is 16.7. The second-order valence-electron chi connectivity index (χ2n) is 4.87. The molecule has 4 heteroatoms. The SMILES string of the molecule is c1ccc2c3c(oc2c1)-c1c(ccc2c1OCO2)OC3. The van der Waals surface area contributed by atoms with Crippen LogP contribution in [0.2, 0.25) is 0 Å². The summed E-state index contributed by atoms with van der Waals surface area (Å²) < 4.78 is 22.9. The summed E-state index contributed by atoms with van der Waals surface area (Å²) in [6.07, 6.45) is 0. The van der Waals surface area contributed by atoms with Gasteiger partial charge in [0.1, 0.15) is 29.3 Å². The number of fused-ring (bicyclic) bond motifs is 7. The third-order valence-corrected chi connectivity index (χ3v) is 3.80. The molecule has 0 fully saturated rings. The van der Waals surface area contributed by atoms with Gasteiger partial charge in [-0.2, -0.15) is 0 Å². The first-order chi connectivity index (χ1) is 9.92. The van der Waals surface area contributed by atoms with E-state index < -0.39 is 0 Å². The molecule has 0 saturated carbocycles. The Hall–Kier alpha value is -2.62. The summed E-state index contributed by atoms with van der Waals surface area (Å²) in [5, 5.41) is 1.09. The second kappa shape index (κ2) is 3.48. The largest absolute Gasteiger partial charge is 0.488 e. The van der Waals surface area contributed by atoms with E-state index in [9.17, 15) is 0 Å². The minimum Gasteiger partial charge on any atom is -0.488 e. The first-order valence-corrected chi connectivity index (χ1v) is 6.48. The van der Waals surface area contributed by atoms with Crippen molar-refractivity contribution in [2.75, 3.05) is 6.79 Å². The lowest BCUT2D eigenvalue weighted by Crippen LogP contribution is -2.04. The van der Waals surface area contributed by atoms with Gasteiger partial charge in [0, 0.05) is 10.9 Å². The van der Waals surface area contributed by atoms with E-state index in [0.29, 0.717) is 12.4 Å². The van der Waals surface area contributed by atoms with Crippen molar-refractivity contribution in [2.24, 2.45) is 0 Å². The summed E-state index contributed by atoms with van der Waals surface area (Å²) in [5.41, 5.74) is 2.79. The third-order valence-electron chi connectivity index (χ3n) is 3.80. The molecule has 20 heavy (non-hydrogen) atoms. The number of benzene rings is 2. The van der Waals surface area contributed by atoms with E-state index in [-0.39, 0.29) is 6.79 Å². The number of furan rings is 1. The van der Waals surface area contributed by atoms with E-state index in [1.807, 2.05) is 36.4 Å². The van der Waals surface area contributed by atoms with Crippen LogP contribution in [0.15, 0.2) is 40.8 Å². The monoisotopic (exact) mass is 266 g/mol. The molecule has 0 radical (unpaired) electrons. The Morgan fingerprint density at radius 1 is 0.850 bits per heavy atom. The maximum absolute atomic E-state index is 6.03. The molecule has 2 aliphatic heterocycles. The number of ether oxygens (including phenoxy) is 3. The molecule has 0 saturated heterocycles. The van der Waals surface area contributed by atoms with Crippen LogP contribution < -0.4 is 14.2 Å². The van der Waals surface area contributed by atoms with Crippen molar-refractivity contribution < 1.29 is 18.6 Å². The van der Waals surface area contributed by atoms with E-state index >= 15 is 0 Å². The van der Waals surface area contributed by atoms with E-state index in [2.05, 4.69) is 0 Å². The van der Waals surface area contributed by atoms with Gasteiger partial charge in [-0.1, -0.05) is 18.2 Å². The van der Waals surface area contributed by atoms with Gasteiger partial charge >= 0.3 is 0 Å². The lowest BCUT2D eigenvalue weighted by atomic mass is 10.0. The Bertz CT molecular complexity index is 847. The van der Waals surface area contributed by atoms with Gasteiger partial charge in [0.2, 0.25) is 6.79 Å². The first-order valence-electron chi connectivity index (χ1n) is 6.48. The molecule has 5 rings (SSSR count). The number of hydrogen-bond acceptors (Lipinski definition) is 4. The van der Waals surface area contributed by atoms with Gasteiger partial charge in [-0.25, -0.2) is 0 Å². The van der Waals surface area contributed by atoms with Crippen LogP contribution >= 0.6 is 0 Å². The Kier molecular flexibility index (Phi) is 1.77. The Morgan fingerprint density at radius 3 is 2.75 bits per heavy atom. The topological polar surface area (TPSA) is 40.8 Å². The Morgan fingerprint density at radius 2 is 1.75 bits per heavy atom. The molecule has 1 aromatic heterocycles. The number of para-hydroxylation sites is 1. The molecule has 98 valence electrons. The summed E-state index contributed by atoms with van der Waals surface area (Å²) >= 11 is 0. The predicted molar refractivity (Wildman–Crippen MR) is 72.1 cm³/mol. The van der Waals surface area contributed by atoms with Gasteiger partial charge in [0.15, 0.2) is 11.5 Å². The van der Waals surface area contributed by atoms with Gasteiger partial charge in [0.25, 0.3) is 0 Å². The minimum absolute atomic E-state index is 0.237. The van der Waals surface area contributed by atoms with Gasteiger partial charge in [-0.05, 0) is 18.2 Å². The first kappa shape index (κ1) is 10.2. The zero-order chi connectivity index (χ0) is 13.1. The van der Waals surface area contributed by atoms with Crippen LogP contribution in [0.4, 0.5) is 0 Å². The fourth-order valence-corrected chi connectivity index (χ4v) is 2.88. The van der Waals surface area contributed by atoms with Crippen LogP contribution in [0.5, 0.6) is 17.2 Å². The molecule has 2 aliphatic rings. The van der Waals surface area contributed by atoms with Crippen molar-refractivity contribution in [3.05, 3.63) is 42.0 Å². The Balaban J connectivity index is 1.89. The van der Waals surface area contributed by atoms with Crippen LogP contribution in [0.3, 0.4) is 0 Å². The molecule has 0 atom stereocenters. The minimum atomic E-state index is 0.237. The molecule has 3 heterocycles. The average molecular weight is 266 g/mol. The van der Waals surface area contributed by atoms with Crippen LogP contribution in [0.1, 0.15) is 5.56 Å². The quantitative estimate of drug-likeness (QED) is 0.621. The highest BCUT2D eigenvalue weighted by molar-refractivity contribution is 5.92. The molecule has 0 unspecified atom stereocenters. The lowest BCUT2D eigenvalue weighted by molar-refractivity contribution is 0.174. The summed E-state index contributed by atoms with van der Waals surface area (Å²) in [6, 6.07) is 11.8. The molecule has 3 aromatic rings. The van der Waals surface area contributed by atoms with Crippen LogP contribution in [-0.4, -0.2) is 6.79 Å². The van der Waals surface area contributed by atoms with Crippen molar-refractivity contribution in [1.29, 1.82) is 0 Å². The third kappa shape index (κ3) is 1.16. The van der Waals surface area contributed by atoms with Crippen LogP contribution in [0.25, 0.3) is 22.3 Å². The molecule has 0 amide bonds. The molecule has 0 aliphatic carbocycles. The molecule has 4 nitrogen and oxygen atoms in total. The number of rotatable bonds is 0. The molecular weight excluding hydrogens is 256 g/mol. The van der Waals surface area contributed by atoms with Gasteiger partial charge in [0.05, 0.1) is 0 Å². The highest BCUT2D eigenvalue weighted by Gasteiger charge is 2.31. The summed E-state index contributed by atoms with van der Waals surface area (Å²) in [4.78, 5) is 0. The molecule has 0 spiro atoms. The number of hydrogen-bond donors (Lipinski definition) is 0. The van der Waals surface area contributed by atoms with E-state index in [1.54, 1.807) is 0 Å². The zero-order valence-electron chi connectivity index (χ0n) is 10.5. The highest BCUT2D eigenvalue weighted by Crippen LogP contribution is 2.51. The van der Waals surface area contributed by atoms with Gasteiger partial charge in [-0.15, -0.1) is 0 Å². The Labute approximate surface area is 114 Å². The van der Waals surface area contributed by atoms with Crippen LogP contribution in [-0.2, 0) is 6.61 Å². The van der Waals surface area contributed by atoms with E-state index in [4.69, 9.17) is 18.6 Å². The molecular formula is C16H10O4. The van der Waals surface area contributed by atoms with Crippen molar-refractivity contribution in [2.45, 2.75) is 6.61 Å². The van der Waals surface area contributed by atoms with Gasteiger partial charge in [-0.3, -0.25) is 0 Å². The standard InChI is InChI=1S/C16H10O4/c1-2-4-11-9(3-1)10-7-17-12-5-6-13-16(19-8-18-13)14(12)15(10)20-11/h1-6H,7-8H2. The smallest absolute Gasteiger partial charge is 0.231 e. The van der Waals surface area contributed by atoms with Crippen LogP contribution in [0, 0.1) is 0 Å². The summed E-state index contributed by atoms with van der Waals surface area (Å²) in [6.45, 7) is 0.750. The van der Waals surface area contributed by atoms with Crippen molar-refractivity contribution in [3.8, 4) is 28.6 Å². The summed E-state index contributed by atoms with van der Waals surface area (Å²) in [7, 11) is 0. The molecule has 0 bridgehead atoms. The average Bonchev–Trinajstić information content (AvgIpc) is 3.10. The second-order valence-corrected chi connectivity index (χ2v) is 4.87. The maximum atomic E-state index is 6.03. The fourth-order valence-electron chi connectivity index (χ4n) is 2.88. The van der Waals surface area contributed by atoms with Crippen molar-refractivity contribution >= 4 is 11.0 Å². The van der Waals surface area contributed by atoms with Gasteiger partial charge < -0.3 is 18.6 Å².